The van der Waals surface area contributed by atoms with Crippen LogP contribution in [0.3, 0.4) is 0 Å². The van der Waals surface area contributed by atoms with Crippen molar-refractivity contribution in [2.45, 2.75) is 43.4 Å². The van der Waals surface area contributed by atoms with E-state index in [9.17, 15) is 20.0 Å². The molecule has 1 N–H and O–H groups in total. The molecular formula is C24H27N3O4. The van der Waals surface area contributed by atoms with E-state index in [-0.39, 0.29) is 11.1 Å². The van der Waals surface area contributed by atoms with Gasteiger partial charge in [0.25, 0.3) is 5.69 Å². The third kappa shape index (κ3) is 3.78. The average molecular weight is 421 g/mol. The number of non-ortho nitro benzene ring substituents is 1. The predicted octanol–water partition coefficient (Wildman–Crippen LogP) is 2.60. The molecule has 31 heavy (non-hydrogen) atoms. The van der Waals surface area contributed by atoms with Crippen molar-refractivity contribution in [3.8, 4) is 0 Å². The van der Waals surface area contributed by atoms with Gasteiger partial charge in [-0.15, -0.1) is 0 Å². The van der Waals surface area contributed by atoms with Gasteiger partial charge in [-0.1, -0.05) is 30.3 Å². The molecule has 7 nitrogen and oxygen atoms in total. The summed E-state index contributed by atoms with van der Waals surface area (Å²) < 4.78 is 0. The number of hydrogen-bond acceptors (Lipinski definition) is 6. The number of nitro groups is 1. The maximum atomic E-state index is 12.1. The van der Waals surface area contributed by atoms with Crippen molar-refractivity contribution in [1.29, 1.82) is 0 Å². The lowest BCUT2D eigenvalue weighted by Gasteiger charge is -2.40. The van der Waals surface area contributed by atoms with Crippen LogP contribution in [0.4, 0.5) is 5.69 Å². The van der Waals surface area contributed by atoms with Crippen molar-refractivity contribution in [3.05, 3.63) is 74.8 Å². The molecule has 0 radical (unpaired) electrons. The van der Waals surface area contributed by atoms with Crippen molar-refractivity contribution in [2.75, 3.05) is 26.2 Å². The first-order valence-electron chi connectivity index (χ1n) is 10.9. The second-order valence-electron chi connectivity index (χ2n) is 9.23. The minimum Gasteiger partial charge on any atom is -0.390 e. The van der Waals surface area contributed by atoms with Crippen molar-refractivity contribution >= 4 is 12.0 Å². The zero-order valence-electron chi connectivity index (χ0n) is 17.4. The van der Waals surface area contributed by atoms with Gasteiger partial charge in [0.1, 0.15) is 6.29 Å². The Hall–Kier alpha value is -2.61. The van der Waals surface area contributed by atoms with Crippen LogP contribution in [0.15, 0.2) is 42.5 Å². The Bertz CT molecular complexity index is 1020. The van der Waals surface area contributed by atoms with Crippen molar-refractivity contribution in [2.24, 2.45) is 0 Å². The highest BCUT2D eigenvalue weighted by atomic mass is 16.6. The summed E-state index contributed by atoms with van der Waals surface area (Å²) in [6.45, 7) is 3.37. The summed E-state index contributed by atoms with van der Waals surface area (Å²) in [7, 11) is 0. The molecule has 0 aromatic heterocycles. The monoisotopic (exact) mass is 421 g/mol. The SMILES string of the molecule is O=C[C@H]1c2cc([N+](=O)[O-])ccc2C2(CC2)CN1CC(O)CN1CCc2ccccc2C1. The van der Waals surface area contributed by atoms with Crippen LogP contribution in [0, 0.1) is 10.1 Å². The van der Waals surface area contributed by atoms with Crippen molar-refractivity contribution < 1.29 is 14.8 Å². The first-order chi connectivity index (χ1) is 15.0. The molecule has 0 amide bonds. The molecule has 0 saturated heterocycles. The van der Waals surface area contributed by atoms with Crippen molar-refractivity contribution in [1.82, 2.24) is 9.80 Å². The molecule has 2 aromatic carbocycles. The maximum absolute atomic E-state index is 12.1. The Morgan fingerprint density at radius 2 is 1.97 bits per heavy atom. The summed E-state index contributed by atoms with van der Waals surface area (Å²) in [5.41, 5.74) is 4.45. The molecule has 1 saturated carbocycles. The van der Waals surface area contributed by atoms with Crippen LogP contribution < -0.4 is 0 Å². The number of carbonyl (C=O) groups is 1. The van der Waals surface area contributed by atoms with Gasteiger partial charge in [-0.05, 0) is 41.5 Å². The number of aliphatic hydroxyl groups is 1. The predicted molar refractivity (Wildman–Crippen MR) is 116 cm³/mol. The molecule has 1 fully saturated rings. The number of β-amino-alcohol motifs (C(OH)–C–C–N with tert-alkyl or cyclic N) is 1. The van der Waals surface area contributed by atoms with Gasteiger partial charge in [0.15, 0.2) is 0 Å². The standard InChI is InChI=1S/C24H27N3O4/c28-15-23-21-11-19(27(30)31)5-6-22(21)24(8-9-24)16-26(23)14-20(29)13-25-10-7-17-3-1-2-4-18(17)12-25/h1-6,11,15,20,23,29H,7-10,12-14,16H2/t20?,23-/m0/s1. The Balaban J connectivity index is 1.32. The van der Waals surface area contributed by atoms with Gasteiger partial charge in [0, 0.05) is 50.3 Å². The van der Waals surface area contributed by atoms with Gasteiger partial charge in [0.05, 0.1) is 17.1 Å². The molecule has 2 aliphatic heterocycles. The molecule has 2 atom stereocenters. The number of hydrogen-bond donors (Lipinski definition) is 1. The smallest absolute Gasteiger partial charge is 0.269 e. The Morgan fingerprint density at radius 3 is 2.68 bits per heavy atom. The number of benzene rings is 2. The fourth-order valence-electron chi connectivity index (χ4n) is 5.41. The molecule has 7 heteroatoms. The van der Waals surface area contributed by atoms with Crippen molar-refractivity contribution in [3.63, 3.8) is 0 Å². The summed E-state index contributed by atoms with van der Waals surface area (Å²) in [5.74, 6) is 0. The lowest BCUT2D eigenvalue weighted by Crippen LogP contribution is -2.48. The van der Waals surface area contributed by atoms with Gasteiger partial charge in [-0.2, -0.15) is 0 Å². The van der Waals surface area contributed by atoms with Gasteiger partial charge in [0.2, 0.25) is 0 Å². The summed E-state index contributed by atoms with van der Waals surface area (Å²) >= 11 is 0. The van der Waals surface area contributed by atoms with Crippen LogP contribution in [0.2, 0.25) is 0 Å². The highest BCUT2D eigenvalue weighted by Crippen LogP contribution is 2.54. The number of nitrogens with zero attached hydrogens (tertiary/aromatic N) is 3. The van der Waals surface area contributed by atoms with E-state index in [0.29, 0.717) is 19.6 Å². The van der Waals surface area contributed by atoms with Crippen LogP contribution in [-0.2, 0) is 23.2 Å². The molecule has 162 valence electrons. The largest absolute Gasteiger partial charge is 0.390 e. The fraction of sp³-hybridized carbons (Fsp3) is 0.458. The molecule has 0 bridgehead atoms. The molecule has 2 heterocycles. The Labute approximate surface area is 181 Å². The quantitative estimate of drug-likeness (QED) is 0.438. The summed E-state index contributed by atoms with van der Waals surface area (Å²) in [5, 5.41) is 22.2. The van der Waals surface area contributed by atoms with E-state index in [2.05, 4.69) is 23.1 Å². The number of aldehydes is 1. The van der Waals surface area contributed by atoms with E-state index in [1.165, 1.54) is 11.1 Å². The molecule has 3 aliphatic rings. The van der Waals surface area contributed by atoms with Crippen LogP contribution in [0.1, 0.15) is 41.1 Å². The van der Waals surface area contributed by atoms with Crippen LogP contribution in [0.25, 0.3) is 0 Å². The zero-order valence-corrected chi connectivity index (χ0v) is 17.4. The zero-order chi connectivity index (χ0) is 21.6. The van der Waals surface area contributed by atoms with E-state index in [1.54, 1.807) is 12.1 Å². The summed E-state index contributed by atoms with van der Waals surface area (Å²) in [6.07, 6.45) is 3.27. The highest BCUT2D eigenvalue weighted by Gasteiger charge is 2.52. The second-order valence-corrected chi connectivity index (χ2v) is 9.23. The van der Waals surface area contributed by atoms with E-state index in [4.69, 9.17) is 0 Å². The van der Waals surface area contributed by atoms with Gasteiger partial charge >= 0.3 is 0 Å². The van der Waals surface area contributed by atoms with E-state index in [1.807, 2.05) is 17.0 Å². The van der Waals surface area contributed by atoms with Crippen LogP contribution in [0.5, 0.6) is 0 Å². The molecule has 5 rings (SSSR count). The Kier molecular flexibility index (Phi) is 5.12. The third-order valence-electron chi connectivity index (χ3n) is 7.14. The van der Waals surface area contributed by atoms with Crippen LogP contribution >= 0.6 is 0 Å². The average Bonchev–Trinajstić information content (AvgIpc) is 3.53. The van der Waals surface area contributed by atoms with Gasteiger partial charge in [-0.25, -0.2) is 0 Å². The fourth-order valence-corrected chi connectivity index (χ4v) is 5.41. The lowest BCUT2D eigenvalue weighted by atomic mass is 9.82. The van der Waals surface area contributed by atoms with Crippen LogP contribution in [-0.4, -0.2) is 58.4 Å². The van der Waals surface area contributed by atoms with E-state index in [0.717, 1.165) is 49.8 Å². The second kappa shape index (κ2) is 7.82. The minimum absolute atomic E-state index is 0.00998. The van der Waals surface area contributed by atoms with E-state index < -0.39 is 17.1 Å². The normalized spacial score (nSPS) is 23.1. The molecular weight excluding hydrogens is 394 g/mol. The molecule has 1 spiro atoms. The molecule has 1 aliphatic carbocycles. The number of nitro benzene ring substituents is 1. The first kappa shape index (κ1) is 20.3. The highest BCUT2D eigenvalue weighted by molar-refractivity contribution is 5.66. The first-order valence-corrected chi connectivity index (χ1v) is 10.9. The Morgan fingerprint density at radius 1 is 1.19 bits per heavy atom. The topological polar surface area (TPSA) is 86.9 Å². The maximum Gasteiger partial charge on any atom is 0.269 e. The molecule has 1 unspecified atom stereocenters. The lowest BCUT2D eigenvalue weighted by molar-refractivity contribution is -0.385. The van der Waals surface area contributed by atoms with Gasteiger partial charge in [-0.3, -0.25) is 19.9 Å². The van der Waals surface area contributed by atoms with Gasteiger partial charge < -0.3 is 9.90 Å². The number of fused-ring (bicyclic) bond motifs is 3. The number of aliphatic hydroxyl groups excluding tert-OH is 1. The number of carbonyl (C=O) groups excluding carboxylic acids is 1. The third-order valence-corrected chi connectivity index (χ3v) is 7.14. The molecule has 2 aromatic rings. The summed E-state index contributed by atoms with van der Waals surface area (Å²) in [6, 6.07) is 12.8. The summed E-state index contributed by atoms with van der Waals surface area (Å²) in [4.78, 5) is 27.2. The number of rotatable bonds is 6. The van der Waals surface area contributed by atoms with E-state index >= 15 is 0 Å². The minimum atomic E-state index is -0.594.